The Balaban J connectivity index is 2.12. The summed E-state index contributed by atoms with van der Waals surface area (Å²) in [5.74, 6) is -1.04. The van der Waals surface area contributed by atoms with E-state index in [2.05, 4.69) is 10.4 Å². The Morgan fingerprint density at radius 3 is 2.79 bits per heavy atom. The zero-order valence-electron chi connectivity index (χ0n) is 10.3. The topological polar surface area (TPSA) is 64.0 Å². The van der Waals surface area contributed by atoms with Gasteiger partial charge in [0, 0.05) is 6.07 Å². The standard InChI is InChI=1S/C13H12FN3O2/c1-9-6-7-13(19)17(16-9)8-12(18)15-11-5-3-2-4-10(11)14/h2-7H,8H2,1H3,(H,15,18). The van der Waals surface area contributed by atoms with Crippen LogP contribution in [-0.2, 0) is 11.3 Å². The third-order valence-electron chi connectivity index (χ3n) is 2.44. The highest BCUT2D eigenvalue weighted by molar-refractivity contribution is 5.90. The zero-order chi connectivity index (χ0) is 13.8. The Kier molecular flexibility index (Phi) is 3.70. The number of nitrogens with zero attached hydrogens (tertiary/aromatic N) is 2. The number of aryl methyl sites for hydroxylation is 1. The van der Waals surface area contributed by atoms with Crippen LogP contribution in [0.1, 0.15) is 5.69 Å². The molecule has 0 saturated heterocycles. The smallest absolute Gasteiger partial charge is 0.267 e. The average Bonchev–Trinajstić information content (AvgIpc) is 2.37. The van der Waals surface area contributed by atoms with Crippen molar-refractivity contribution in [3.05, 3.63) is 58.3 Å². The number of hydrogen-bond donors (Lipinski definition) is 1. The minimum Gasteiger partial charge on any atom is -0.322 e. The van der Waals surface area contributed by atoms with Crippen molar-refractivity contribution in [2.45, 2.75) is 13.5 Å². The maximum absolute atomic E-state index is 13.3. The number of carbonyl (C=O) groups excluding carboxylic acids is 1. The normalized spacial score (nSPS) is 10.2. The second-order valence-corrected chi connectivity index (χ2v) is 4.00. The van der Waals surface area contributed by atoms with Gasteiger partial charge in [-0.1, -0.05) is 12.1 Å². The van der Waals surface area contributed by atoms with E-state index in [-0.39, 0.29) is 17.8 Å². The Morgan fingerprint density at radius 1 is 1.32 bits per heavy atom. The molecule has 1 N–H and O–H groups in total. The van der Waals surface area contributed by atoms with Gasteiger partial charge in [0.05, 0.1) is 11.4 Å². The van der Waals surface area contributed by atoms with E-state index < -0.39 is 11.7 Å². The number of amides is 1. The summed E-state index contributed by atoms with van der Waals surface area (Å²) in [6.45, 7) is 1.46. The molecule has 1 heterocycles. The first-order valence-electron chi connectivity index (χ1n) is 5.65. The van der Waals surface area contributed by atoms with Crippen LogP contribution in [0, 0.1) is 12.7 Å². The summed E-state index contributed by atoms with van der Waals surface area (Å²) >= 11 is 0. The van der Waals surface area contributed by atoms with Gasteiger partial charge >= 0.3 is 0 Å². The molecule has 0 fully saturated rings. The van der Waals surface area contributed by atoms with Gasteiger partial charge in [-0.3, -0.25) is 9.59 Å². The molecule has 0 aliphatic heterocycles. The molecule has 0 spiro atoms. The fourth-order valence-corrected chi connectivity index (χ4v) is 1.55. The van der Waals surface area contributed by atoms with E-state index in [0.29, 0.717) is 5.69 Å². The van der Waals surface area contributed by atoms with Crippen LogP contribution in [0.2, 0.25) is 0 Å². The number of hydrogen-bond acceptors (Lipinski definition) is 3. The Morgan fingerprint density at radius 2 is 2.05 bits per heavy atom. The summed E-state index contributed by atoms with van der Waals surface area (Å²) in [6, 6.07) is 8.71. The van der Waals surface area contributed by atoms with Crippen molar-refractivity contribution in [2.24, 2.45) is 0 Å². The largest absolute Gasteiger partial charge is 0.322 e. The number of aromatic nitrogens is 2. The number of halogens is 1. The predicted octanol–water partition coefficient (Wildman–Crippen LogP) is 1.33. The van der Waals surface area contributed by atoms with E-state index >= 15 is 0 Å². The quantitative estimate of drug-likeness (QED) is 0.906. The van der Waals surface area contributed by atoms with Gasteiger partial charge in [0.2, 0.25) is 5.91 Å². The van der Waals surface area contributed by atoms with Crippen molar-refractivity contribution in [3.63, 3.8) is 0 Å². The summed E-state index contributed by atoms with van der Waals surface area (Å²) in [5.41, 5.74) is 0.320. The molecule has 6 heteroatoms. The third-order valence-corrected chi connectivity index (χ3v) is 2.44. The van der Waals surface area contributed by atoms with Gasteiger partial charge in [-0.15, -0.1) is 0 Å². The second kappa shape index (κ2) is 5.43. The summed E-state index contributed by atoms with van der Waals surface area (Å²) in [4.78, 5) is 23.2. The average molecular weight is 261 g/mol. The van der Waals surface area contributed by atoms with Crippen molar-refractivity contribution < 1.29 is 9.18 Å². The van der Waals surface area contributed by atoms with Crippen LogP contribution in [0.4, 0.5) is 10.1 Å². The first kappa shape index (κ1) is 12.9. The minimum absolute atomic E-state index is 0.0770. The Bertz CT molecular complexity index is 667. The van der Waals surface area contributed by atoms with Crippen LogP contribution < -0.4 is 10.9 Å². The predicted molar refractivity (Wildman–Crippen MR) is 68.3 cm³/mol. The molecule has 19 heavy (non-hydrogen) atoms. The molecule has 2 aromatic rings. The third kappa shape index (κ3) is 3.25. The zero-order valence-corrected chi connectivity index (χ0v) is 10.3. The maximum atomic E-state index is 13.3. The van der Waals surface area contributed by atoms with Crippen LogP contribution in [0.25, 0.3) is 0 Å². The monoisotopic (exact) mass is 261 g/mol. The molecule has 1 amide bonds. The fraction of sp³-hybridized carbons (Fsp3) is 0.154. The lowest BCUT2D eigenvalue weighted by Crippen LogP contribution is -2.29. The number of rotatable bonds is 3. The van der Waals surface area contributed by atoms with E-state index in [1.54, 1.807) is 19.1 Å². The maximum Gasteiger partial charge on any atom is 0.267 e. The Hall–Kier alpha value is -2.50. The first-order chi connectivity index (χ1) is 9.06. The Labute approximate surface area is 108 Å². The van der Waals surface area contributed by atoms with Crippen molar-refractivity contribution in [3.8, 4) is 0 Å². The van der Waals surface area contributed by atoms with Crippen LogP contribution in [0.15, 0.2) is 41.2 Å². The number of benzene rings is 1. The molecule has 2 rings (SSSR count). The highest BCUT2D eigenvalue weighted by Crippen LogP contribution is 2.11. The van der Waals surface area contributed by atoms with Crippen LogP contribution in [0.5, 0.6) is 0 Å². The molecular weight excluding hydrogens is 249 g/mol. The van der Waals surface area contributed by atoms with E-state index in [9.17, 15) is 14.0 Å². The van der Waals surface area contributed by atoms with Gasteiger partial charge in [-0.25, -0.2) is 9.07 Å². The van der Waals surface area contributed by atoms with Gasteiger partial charge in [0.15, 0.2) is 0 Å². The molecule has 0 atom stereocenters. The molecule has 98 valence electrons. The van der Waals surface area contributed by atoms with Crippen LogP contribution in [-0.4, -0.2) is 15.7 Å². The van der Waals surface area contributed by atoms with Gasteiger partial charge in [-0.05, 0) is 25.1 Å². The summed E-state index contributed by atoms with van der Waals surface area (Å²) in [6.07, 6.45) is 0. The van der Waals surface area contributed by atoms with Crippen LogP contribution >= 0.6 is 0 Å². The van der Waals surface area contributed by atoms with Gasteiger partial charge in [0.1, 0.15) is 12.4 Å². The van der Waals surface area contributed by atoms with Gasteiger partial charge in [0.25, 0.3) is 5.56 Å². The van der Waals surface area contributed by atoms with E-state index in [0.717, 1.165) is 4.68 Å². The highest BCUT2D eigenvalue weighted by atomic mass is 19.1. The number of nitrogens with one attached hydrogen (secondary N) is 1. The summed E-state index contributed by atoms with van der Waals surface area (Å²) in [7, 11) is 0. The lowest BCUT2D eigenvalue weighted by molar-refractivity contribution is -0.117. The van der Waals surface area contributed by atoms with Crippen molar-refractivity contribution in [1.82, 2.24) is 9.78 Å². The number of carbonyl (C=O) groups is 1. The summed E-state index contributed by atoms with van der Waals surface area (Å²) < 4.78 is 14.4. The molecule has 0 aliphatic rings. The molecule has 0 radical (unpaired) electrons. The molecule has 0 bridgehead atoms. The number of anilines is 1. The lowest BCUT2D eigenvalue weighted by Gasteiger charge is -2.07. The van der Waals surface area contributed by atoms with Gasteiger partial charge in [-0.2, -0.15) is 5.10 Å². The number of para-hydroxylation sites is 1. The lowest BCUT2D eigenvalue weighted by atomic mass is 10.3. The van der Waals surface area contributed by atoms with E-state index in [1.807, 2.05) is 0 Å². The highest BCUT2D eigenvalue weighted by Gasteiger charge is 2.08. The van der Waals surface area contributed by atoms with E-state index in [1.165, 1.54) is 24.3 Å². The molecule has 0 aliphatic carbocycles. The minimum atomic E-state index is -0.527. The van der Waals surface area contributed by atoms with Crippen molar-refractivity contribution >= 4 is 11.6 Å². The molecule has 5 nitrogen and oxygen atoms in total. The molecule has 1 aromatic carbocycles. The molecule has 0 unspecified atom stereocenters. The fourth-order valence-electron chi connectivity index (χ4n) is 1.55. The summed E-state index contributed by atoms with van der Waals surface area (Å²) in [5, 5.41) is 6.32. The van der Waals surface area contributed by atoms with Gasteiger partial charge < -0.3 is 5.32 Å². The van der Waals surface area contributed by atoms with Crippen molar-refractivity contribution in [2.75, 3.05) is 5.32 Å². The van der Waals surface area contributed by atoms with Crippen LogP contribution in [0.3, 0.4) is 0 Å². The van der Waals surface area contributed by atoms with E-state index in [4.69, 9.17) is 0 Å². The SMILES string of the molecule is Cc1ccc(=O)n(CC(=O)Nc2ccccc2F)n1. The molecule has 0 saturated carbocycles. The second-order valence-electron chi connectivity index (χ2n) is 4.00. The van der Waals surface area contributed by atoms with Crippen molar-refractivity contribution in [1.29, 1.82) is 0 Å². The first-order valence-corrected chi connectivity index (χ1v) is 5.65. The molecular formula is C13H12FN3O2. The molecule has 1 aromatic heterocycles.